The first-order valence-electron chi connectivity index (χ1n) is 9.31. The summed E-state index contributed by atoms with van der Waals surface area (Å²) in [5.41, 5.74) is 1.13. The second-order valence-electron chi connectivity index (χ2n) is 7.26. The number of piperazine rings is 1. The molecule has 2 heterocycles. The van der Waals surface area contributed by atoms with Gasteiger partial charge in [0.05, 0.1) is 12.1 Å². The van der Waals surface area contributed by atoms with Crippen molar-refractivity contribution >= 4 is 6.03 Å². The van der Waals surface area contributed by atoms with Crippen LogP contribution in [0.3, 0.4) is 0 Å². The fourth-order valence-electron chi connectivity index (χ4n) is 3.59. The van der Waals surface area contributed by atoms with Gasteiger partial charge in [0, 0.05) is 45.8 Å². The van der Waals surface area contributed by atoms with Crippen molar-refractivity contribution in [2.75, 3.05) is 52.9 Å². The van der Waals surface area contributed by atoms with Gasteiger partial charge < -0.3 is 20.2 Å². The summed E-state index contributed by atoms with van der Waals surface area (Å²) >= 11 is 0. The second kappa shape index (κ2) is 8.65. The van der Waals surface area contributed by atoms with E-state index >= 15 is 0 Å². The van der Waals surface area contributed by atoms with Crippen molar-refractivity contribution in [1.29, 1.82) is 0 Å². The van der Waals surface area contributed by atoms with Crippen LogP contribution in [0.4, 0.5) is 4.79 Å². The number of β-amino-alcohol motifs (C(OH)–C–C–N with tert-alkyl or cyclic N) is 1. The standard InChI is InChI=1S/C19H30N4O2/c1-21-10-12-22(13-11-21)15-18(16-6-3-2-4-7-16)20-19(25)23-9-5-8-17(24)14-23/h2-4,6-7,17-18,24H,5,8-15H2,1H3,(H,20,25)/t17-,18-/m0/s1. The van der Waals surface area contributed by atoms with Crippen LogP contribution in [-0.4, -0.2) is 84.8 Å². The summed E-state index contributed by atoms with van der Waals surface area (Å²) in [5, 5.41) is 13.0. The molecule has 2 atom stereocenters. The van der Waals surface area contributed by atoms with Crippen LogP contribution in [0.2, 0.25) is 0 Å². The third-order valence-corrected chi connectivity index (χ3v) is 5.22. The monoisotopic (exact) mass is 346 g/mol. The third kappa shape index (κ3) is 5.17. The molecule has 25 heavy (non-hydrogen) atoms. The number of nitrogens with zero attached hydrogens (tertiary/aromatic N) is 3. The molecule has 1 aromatic carbocycles. The highest BCUT2D eigenvalue weighted by Crippen LogP contribution is 2.17. The minimum atomic E-state index is -0.396. The molecule has 0 aromatic heterocycles. The maximum atomic E-state index is 12.7. The molecule has 2 aliphatic rings. The maximum Gasteiger partial charge on any atom is 0.318 e. The molecule has 0 bridgehead atoms. The predicted octanol–water partition coefficient (Wildman–Crippen LogP) is 1.14. The van der Waals surface area contributed by atoms with Gasteiger partial charge in [-0.05, 0) is 25.5 Å². The summed E-state index contributed by atoms with van der Waals surface area (Å²) in [6.45, 7) is 6.15. The summed E-state index contributed by atoms with van der Waals surface area (Å²) in [7, 11) is 2.15. The minimum Gasteiger partial charge on any atom is -0.391 e. The largest absolute Gasteiger partial charge is 0.391 e. The molecule has 0 radical (unpaired) electrons. The van der Waals surface area contributed by atoms with E-state index in [-0.39, 0.29) is 12.1 Å². The Morgan fingerprint density at radius 3 is 2.60 bits per heavy atom. The van der Waals surface area contributed by atoms with Crippen molar-refractivity contribution in [3.63, 3.8) is 0 Å². The van der Waals surface area contributed by atoms with E-state index in [1.165, 1.54) is 0 Å². The lowest BCUT2D eigenvalue weighted by molar-refractivity contribution is 0.0817. The van der Waals surface area contributed by atoms with E-state index in [1.54, 1.807) is 4.90 Å². The minimum absolute atomic E-state index is 0.0313. The van der Waals surface area contributed by atoms with Crippen molar-refractivity contribution in [3.05, 3.63) is 35.9 Å². The Morgan fingerprint density at radius 1 is 1.20 bits per heavy atom. The van der Waals surface area contributed by atoms with Crippen molar-refractivity contribution < 1.29 is 9.90 Å². The van der Waals surface area contributed by atoms with E-state index in [0.29, 0.717) is 6.54 Å². The van der Waals surface area contributed by atoms with Gasteiger partial charge in [0.25, 0.3) is 0 Å². The molecule has 1 aromatic rings. The molecule has 2 aliphatic heterocycles. The molecular weight excluding hydrogens is 316 g/mol. The number of carbonyl (C=O) groups excluding carboxylic acids is 1. The van der Waals surface area contributed by atoms with Gasteiger partial charge in [-0.25, -0.2) is 4.79 Å². The van der Waals surface area contributed by atoms with E-state index in [0.717, 1.165) is 57.7 Å². The van der Waals surface area contributed by atoms with Crippen LogP contribution in [0, 0.1) is 0 Å². The number of likely N-dealkylation sites (N-methyl/N-ethyl adjacent to an activating group) is 1. The number of urea groups is 1. The van der Waals surface area contributed by atoms with Crippen LogP contribution in [0.25, 0.3) is 0 Å². The zero-order valence-corrected chi connectivity index (χ0v) is 15.1. The third-order valence-electron chi connectivity index (χ3n) is 5.22. The molecule has 2 N–H and O–H groups in total. The molecule has 138 valence electrons. The number of benzene rings is 1. The molecule has 6 nitrogen and oxygen atoms in total. The van der Waals surface area contributed by atoms with Crippen LogP contribution in [0.5, 0.6) is 0 Å². The predicted molar refractivity (Wildman–Crippen MR) is 98.5 cm³/mol. The molecule has 0 spiro atoms. The Balaban J connectivity index is 1.65. The zero-order valence-electron chi connectivity index (χ0n) is 15.1. The fraction of sp³-hybridized carbons (Fsp3) is 0.632. The SMILES string of the molecule is CN1CCN(C[C@H](NC(=O)N2CCC[C@H](O)C2)c2ccccc2)CC1. The van der Waals surface area contributed by atoms with Crippen molar-refractivity contribution in [1.82, 2.24) is 20.0 Å². The van der Waals surface area contributed by atoms with Crippen molar-refractivity contribution in [2.45, 2.75) is 25.0 Å². The van der Waals surface area contributed by atoms with Gasteiger partial charge >= 0.3 is 6.03 Å². The van der Waals surface area contributed by atoms with Crippen LogP contribution < -0.4 is 5.32 Å². The lowest BCUT2D eigenvalue weighted by Crippen LogP contribution is -2.51. The summed E-state index contributed by atoms with van der Waals surface area (Å²) in [4.78, 5) is 19.2. The van der Waals surface area contributed by atoms with E-state index in [2.05, 4.69) is 34.3 Å². The Bertz CT molecular complexity index is 546. The van der Waals surface area contributed by atoms with Crippen molar-refractivity contribution in [2.24, 2.45) is 0 Å². The lowest BCUT2D eigenvalue weighted by Gasteiger charge is -2.36. The summed E-state index contributed by atoms with van der Waals surface area (Å²) in [6.07, 6.45) is 1.25. The van der Waals surface area contributed by atoms with Crippen molar-refractivity contribution in [3.8, 4) is 0 Å². The quantitative estimate of drug-likeness (QED) is 0.858. The number of hydrogen-bond acceptors (Lipinski definition) is 4. The number of amides is 2. The van der Waals surface area contributed by atoms with Gasteiger partial charge in [-0.1, -0.05) is 30.3 Å². The van der Waals surface area contributed by atoms with Gasteiger partial charge in [0.1, 0.15) is 0 Å². The molecule has 0 unspecified atom stereocenters. The molecule has 2 fully saturated rings. The number of rotatable bonds is 4. The maximum absolute atomic E-state index is 12.7. The lowest BCUT2D eigenvalue weighted by atomic mass is 10.1. The van der Waals surface area contributed by atoms with E-state index < -0.39 is 6.10 Å². The molecule has 2 saturated heterocycles. The molecule has 0 aliphatic carbocycles. The van der Waals surface area contributed by atoms with Crippen LogP contribution >= 0.6 is 0 Å². The van der Waals surface area contributed by atoms with Crippen LogP contribution in [0.1, 0.15) is 24.4 Å². The van der Waals surface area contributed by atoms with Crippen LogP contribution in [0.15, 0.2) is 30.3 Å². The van der Waals surface area contributed by atoms with Gasteiger partial charge in [-0.3, -0.25) is 4.90 Å². The van der Waals surface area contributed by atoms with E-state index in [4.69, 9.17) is 0 Å². The highest BCUT2D eigenvalue weighted by Gasteiger charge is 2.26. The number of carbonyl (C=O) groups is 1. The van der Waals surface area contributed by atoms with Gasteiger partial charge in [0.2, 0.25) is 0 Å². The smallest absolute Gasteiger partial charge is 0.318 e. The first kappa shape index (κ1) is 18.2. The molecule has 2 amide bonds. The molecule has 0 saturated carbocycles. The Kier molecular flexibility index (Phi) is 6.29. The van der Waals surface area contributed by atoms with E-state index in [9.17, 15) is 9.90 Å². The number of aliphatic hydroxyl groups excluding tert-OH is 1. The molecule has 6 heteroatoms. The highest BCUT2D eigenvalue weighted by molar-refractivity contribution is 5.75. The topological polar surface area (TPSA) is 59.0 Å². The Morgan fingerprint density at radius 2 is 1.92 bits per heavy atom. The van der Waals surface area contributed by atoms with Gasteiger partial charge in [-0.15, -0.1) is 0 Å². The molecule has 3 rings (SSSR count). The zero-order chi connectivity index (χ0) is 17.6. The Labute approximate surface area is 150 Å². The molecular formula is C19H30N4O2. The van der Waals surface area contributed by atoms with Crippen LogP contribution in [-0.2, 0) is 0 Å². The summed E-state index contributed by atoms with van der Waals surface area (Å²) in [5.74, 6) is 0. The number of hydrogen-bond donors (Lipinski definition) is 2. The Hall–Kier alpha value is -1.63. The first-order valence-corrected chi connectivity index (χ1v) is 9.31. The number of aliphatic hydroxyl groups is 1. The number of likely N-dealkylation sites (tertiary alicyclic amines) is 1. The fourth-order valence-corrected chi connectivity index (χ4v) is 3.59. The normalized spacial score (nSPS) is 24.1. The number of nitrogens with one attached hydrogen (secondary N) is 1. The van der Waals surface area contributed by atoms with Gasteiger partial charge in [-0.2, -0.15) is 0 Å². The van der Waals surface area contributed by atoms with Gasteiger partial charge in [0.15, 0.2) is 0 Å². The summed E-state index contributed by atoms with van der Waals surface area (Å²) in [6, 6.07) is 10.1. The average Bonchev–Trinajstić information content (AvgIpc) is 2.63. The number of piperidine rings is 1. The second-order valence-corrected chi connectivity index (χ2v) is 7.26. The van der Waals surface area contributed by atoms with E-state index in [1.807, 2.05) is 18.2 Å². The average molecular weight is 346 g/mol. The summed E-state index contributed by atoms with van der Waals surface area (Å²) < 4.78 is 0. The highest BCUT2D eigenvalue weighted by atomic mass is 16.3. The first-order chi connectivity index (χ1) is 12.1.